The van der Waals surface area contributed by atoms with E-state index >= 15 is 0 Å². The molecule has 0 amide bonds. The average Bonchev–Trinajstić information content (AvgIpc) is 3.16. The highest BCUT2D eigenvalue weighted by molar-refractivity contribution is 7.09. The second-order valence-corrected chi connectivity index (χ2v) is 5.89. The van der Waals surface area contributed by atoms with Crippen molar-refractivity contribution in [1.29, 1.82) is 0 Å². The van der Waals surface area contributed by atoms with Gasteiger partial charge >= 0.3 is 0 Å². The number of nitrogens with zero attached hydrogens (tertiary/aromatic N) is 2. The highest BCUT2D eigenvalue weighted by Crippen LogP contribution is 2.21. The van der Waals surface area contributed by atoms with E-state index in [1.54, 1.807) is 23.7 Å². The smallest absolute Gasteiger partial charge is 0.0945 e. The first kappa shape index (κ1) is 13.7. The van der Waals surface area contributed by atoms with Crippen molar-refractivity contribution in [2.24, 2.45) is 0 Å². The summed E-state index contributed by atoms with van der Waals surface area (Å²) in [6.07, 6.45) is 7.39. The Morgan fingerprint density at radius 2 is 2.25 bits per heavy atom. The Hall–Kier alpha value is -1.30. The SMILES string of the molecule is c1cc(-c2csc(CCNCC3CCCO3)n2)ccn1. The van der Waals surface area contributed by atoms with E-state index in [0.717, 1.165) is 37.4 Å². The third-order valence-corrected chi connectivity index (χ3v) is 4.35. The molecule has 3 rings (SSSR count). The van der Waals surface area contributed by atoms with Crippen molar-refractivity contribution < 1.29 is 4.74 Å². The molecule has 1 fully saturated rings. The van der Waals surface area contributed by atoms with Gasteiger partial charge in [0.15, 0.2) is 0 Å². The molecule has 0 radical (unpaired) electrons. The molecule has 2 aromatic rings. The van der Waals surface area contributed by atoms with Gasteiger partial charge in [0.1, 0.15) is 0 Å². The maximum atomic E-state index is 5.59. The largest absolute Gasteiger partial charge is 0.377 e. The van der Waals surface area contributed by atoms with Gasteiger partial charge in [0.05, 0.1) is 16.8 Å². The van der Waals surface area contributed by atoms with Gasteiger partial charge in [-0.15, -0.1) is 11.3 Å². The monoisotopic (exact) mass is 289 g/mol. The summed E-state index contributed by atoms with van der Waals surface area (Å²) in [5.41, 5.74) is 2.18. The van der Waals surface area contributed by atoms with Crippen molar-refractivity contribution in [3.05, 3.63) is 34.9 Å². The molecule has 1 saturated heterocycles. The Morgan fingerprint density at radius 1 is 1.35 bits per heavy atom. The summed E-state index contributed by atoms with van der Waals surface area (Å²) < 4.78 is 5.59. The van der Waals surface area contributed by atoms with Crippen LogP contribution >= 0.6 is 11.3 Å². The summed E-state index contributed by atoms with van der Waals surface area (Å²) in [5, 5.41) is 6.75. The maximum absolute atomic E-state index is 5.59. The normalized spacial score (nSPS) is 18.5. The lowest BCUT2D eigenvalue weighted by Gasteiger charge is -2.09. The molecule has 1 atom stereocenters. The summed E-state index contributed by atoms with van der Waals surface area (Å²) in [4.78, 5) is 8.70. The Labute approximate surface area is 123 Å². The minimum atomic E-state index is 0.415. The lowest BCUT2D eigenvalue weighted by atomic mass is 10.2. The summed E-state index contributed by atoms with van der Waals surface area (Å²) >= 11 is 1.72. The van der Waals surface area contributed by atoms with Crippen molar-refractivity contribution in [2.75, 3.05) is 19.7 Å². The zero-order valence-electron chi connectivity index (χ0n) is 11.4. The minimum absolute atomic E-state index is 0.415. The Bertz CT molecular complexity index is 523. The molecule has 1 aliphatic heterocycles. The highest BCUT2D eigenvalue weighted by atomic mass is 32.1. The van der Waals surface area contributed by atoms with E-state index in [9.17, 15) is 0 Å². The maximum Gasteiger partial charge on any atom is 0.0945 e. The lowest BCUT2D eigenvalue weighted by molar-refractivity contribution is 0.110. The summed E-state index contributed by atoms with van der Waals surface area (Å²) in [6, 6.07) is 3.99. The Morgan fingerprint density at radius 3 is 3.05 bits per heavy atom. The predicted molar refractivity (Wildman–Crippen MR) is 80.9 cm³/mol. The van der Waals surface area contributed by atoms with Gasteiger partial charge in [-0.2, -0.15) is 0 Å². The number of rotatable bonds is 6. The fourth-order valence-electron chi connectivity index (χ4n) is 2.34. The molecule has 0 bridgehead atoms. The molecule has 0 spiro atoms. The zero-order chi connectivity index (χ0) is 13.6. The molecule has 1 N–H and O–H groups in total. The first-order chi connectivity index (χ1) is 9.92. The van der Waals surface area contributed by atoms with Gasteiger partial charge in [-0.25, -0.2) is 4.98 Å². The van der Waals surface area contributed by atoms with Crippen LogP contribution < -0.4 is 5.32 Å². The van der Waals surface area contributed by atoms with Gasteiger partial charge in [0.2, 0.25) is 0 Å². The number of nitrogens with one attached hydrogen (secondary N) is 1. The van der Waals surface area contributed by atoms with Crippen LogP contribution in [0, 0.1) is 0 Å². The molecule has 20 heavy (non-hydrogen) atoms. The molecule has 1 unspecified atom stereocenters. The van der Waals surface area contributed by atoms with Crippen molar-refractivity contribution in [3.63, 3.8) is 0 Å². The number of ether oxygens (including phenoxy) is 1. The summed E-state index contributed by atoms with van der Waals surface area (Å²) in [7, 11) is 0. The zero-order valence-corrected chi connectivity index (χ0v) is 12.2. The standard InChI is InChI=1S/C15H19N3OS/c1-2-13(19-9-1)10-17-8-5-15-18-14(11-20-15)12-3-6-16-7-4-12/h3-4,6-7,11,13,17H,1-2,5,8-10H2. The third-order valence-electron chi connectivity index (χ3n) is 3.44. The molecule has 2 aromatic heterocycles. The molecule has 0 aromatic carbocycles. The van der Waals surface area contributed by atoms with Crippen LogP contribution in [0.15, 0.2) is 29.9 Å². The van der Waals surface area contributed by atoms with Gasteiger partial charge in [0.25, 0.3) is 0 Å². The van der Waals surface area contributed by atoms with Crippen LogP contribution in [0.4, 0.5) is 0 Å². The van der Waals surface area contributed by atoms with Crippen LogP contribution in [0.25, 0.3) is 11.3 Å². The predicted octanol–water partition coefficient (Wildman–Crippen LogP) is 2.52. The van der Waals surface area contributed by atoms with E-state index < -0.39 is 0 Å². The Balaban J connectivity index is 1.45. The van der Waals surface area contributed by atoms with Crippen LogP contribution in [0.1, 0.15) is 17.8 Å². The van der Waals surface area contributed by atoms with Gasteiger partial charge in [-0.05, 0) is 25.0 Å². The van der Waals surface area contributed by atoms with E-state index in [4.69, 9.17) is 4.74 Å². The van der Waals surface area contributed by atoms with Crippen LogP contribution in [0.5, 0.6) is 0 Å². The van der Waals surface area contributed by atoms with Crippen molar-refractivity contribution in [3.8, 4) is 11.3 Å². The summed E-state index contributed by atoms with van der Waals surface area (Å²) in [6.45, 7) is 2.85. The van der Waals surface area contributed by atoms with E-state index in [1.165, 1.54) is 17.8 Å². The van der Waals surface area contributed by atoms with E-state index in [2.05, 4.69) is 20.7 Å². The van der Waals surface area contributed by atoms with Crippen LogP contribution in [0.2, 0.25) is 0 Å². The van der Waals surface area contributed by atoms with Gasteiger partial charge in [0, 0.05) is 49.5 Å². The third kappa shape index (κ3) is 3.62. The minimum Gasteiger partial charge on any atom is -0.377 e. The second kappa shape index (κ2) is 6.92. The van der Waals surface area contributed by atoms with E-state index in [1.807, 2.05) is 12.1 Å². The quantitative estimate of drug-likeness (QED) is 0.830. The topological polar surface area (TPSA) is 47.0 Å². The van der Waals surface area contributed by atoms with Crippen molar-refractivity contribution in [1.82, 2.24) is 15.3 Å². The fraction of sp³-hybridized carbons (Fsp3) is 0.467. The summed E-state index contributed by atoms with van der Waals surface area (Å²) in [5.74, 6) is 0. The van der Waals surface area contributed by atoms with E-state index in [-0.39, 0.29) is 0 Å². The van der Waals surface area contributed by atoms with Gasteiger partial charge in [-0.3, -0.25) is 4.98 Å². The first-order valence-electron chi connectivity index (χ1n) is 7.09. The molecule has 4 nitrogen and oxygen atoms in total. The molecule has 0 aliphatic carbocycles. The molecule has 106 valence electrons. The van der Waals surface area contributed by atoms with Crippen LogP contribution in [-0.4, -0.2) is 35.8 Å². The molecule has 1 aliphatic rings. The molecule has 3 heterocycles. The first-order valence-corrected chi connectivity index (χ1v) is 7.97. The van der Waals surface area contributed by atoms with Crippen molar-refractivity contribution in [2.45, 2.75) is 25.4 Å². The van der Waals surface area contributed by atoms with Gasteiger partial charge in [-0.1, -0.05) is 0 Å². The highest BCUT2D eigenvalue weighted by Gasteiger charge is 2.14. The molecular formula is C15H19N3OS. The molecule has 0 saturated carbocycles. The number of thiazole rings is 1. The lowest BCUT2D eigenvalue weighted by Crippen LogP contribution is -2.27. The van der Waals surface area contributed by atoms with Gasteiger partial charge < -0.3 is 10.1 Å². The average molecular weight is 289 g/mol. The number of pyridine rings is 1. The fourth-order valence-corrected chi connectivity index (χ4v) is 3.15. The molecule has 5 heteroatoms. The molecular weight excluding hydrogens is 270 g/mol. The van der Waals surface area contributed by atoms with Crippen LogP contribution in [0.3, 0.4) is 0 Å². The number of aromatic nitrogens is 2. The Kier molecular flexibility index (Phi) is 4.73. The second-order valence-electron chi connectivity index (χ2n) is 4.95. The van der Waals surface area contributed by atoms with E-state index in [0.29, 0.717) is 6.10 Å². The number of hydrogen-bond donors (Lipinski definition) is 1. The van der Waals surface area contributed by atoms with Crippen molar-refractivity contribution >= 4 is 11.3 Å². The number of hydrogen-bond acceptors (Lipinski definition) is 5. The van der Waals surface area contributed by atoms with Crippen LogP contribution in [-0.2, 0) is 11.2 Å².